The molecule has 49 heavy (non-hydrogen) atoms. The second-order valence-corrected chi connectivity index (χ2v) is 18.8. The van der Waals surface area contributed by atoms with Gasteiger partial charge in [-0.15, -0.1) is 0 Å². The quantitative estimate of drug-likeness (QED) is 0.0416. The van der Waals surface area contributed by atoms with E-state index in [2.05, 4.69) is 6.92 Å². The van der Waals surface area contributed by atoms with Crippen LogP contribution in [0.1, 0.15) is 76.7 Å². The molecule has 0 bridgehead atoms. The Labute approximate surface area is 294 Å². The Morgan fingerprint density at radius 2 is 1.24 bits per heavy atom. The first kappa shape index (κ1) is 35.0. The van der Waals surface area contributed by atoms with Gasteiger partial charge in [0.05, 0.1) is 0 Å². The van der Waals surface area contributed by atoms with Gasteiger partial charge < -0.3 is 0 Å². The predicted octanol–water partition coefficient (Wildman–Crippen LogP) is 10.4. The molecule has 0 atom stereocenters. The van der Waals surface area contributed by atoms with Crippen molar-refractivity contribution in [3.8, 4) is 0 Å². The van der Waals surface area contributed by atoms with E-state index in [-0.39, 0.29) is 10.3 Å². The number of unbranched alkanes of at least 4 members (excludes halogenated alkanes) is 9. The zero-order chi connectivity index (χ0) is 34.2. The van der Waals surface area contributed by atoms with Crippen molar-refractivity contribution in [2.45, 2.75) is 82.4 Å². The van der Waals surface area contributed by atoms with Crippen molar-refractivity contribution in [3.05, 3.63) is 130 Å². The van der Waals surface area contributed by atoms with Crippen molar-refractivity contribution in [2.24, 2.45) is 0 Å². The Balaban J connectivity index is 1.22. The van der Waals surface area contributed by atoms with Gasteiger partial charge in [-0.25, -0.2) is 0 Å². The van der Waals surface area contributed by atoms with E-state index in [1.54, 1.807) is 78.9 Å². The molecular weight excluding hydrogens is 751 g/mol. The second-order valence-electron chi connectivity index (χ2n) is 12.3. The van der Waals surface area contributed by atoms with Gasteiger partial charge in [0.25, 0.3) is 0 Å². The standard InChI is InChI=1S/C40H41IO7S/c1-2-3-4-5-6-7-8-9-10-11-14-29-17-23-33(24-18-29)49(44,45)48-41(32-21-19-30-20-26-39(42)47-38(30)28-32)31-22-25-37-35(27-31)40(43)34-15-12-13-16-36(34)46-37/h12-13,15-28H,2-11,14H2,1H3. The molecule has 0 aliphatic carbocycles. The van der Waals surface area contributed by atoms with Gasteiger partial charge in [-0.1, -0.05) is 39.0 Å². The van der Waals surface area contributed by atoms with Crippen molar-refractivity contribution in [2.75, 3.05) is 0 Å². The Hall–Kier alpha value is -3.80. The zero-order valence-electron chi connectivity index (χ0n) is 27.7. The fourth-order valence-electron chi connectivity index (χ4n) is 5.98. The monoisotopic (exact) mass is 792 g/mol. The molecule has 4 aromatic carbocycles. The molecule has 2 aromatic heterocycles. The van der Waals surface area contributed by atoms with Gasteiger partial charge in [-0.3, -0.25) is 0 Å². The molecule has 0 aliphatic rings. The van der Waals surface area contributed by atoms with Crippen LogP contribution in [0.25, 0.3) is 32.9 Å². The van der Waals surface area contributed by atoms with E-state index in [0.717, 1.165) is 24.8 Å². The summed E-state index contributed by atoms with van der Waals surface area (Å²) in [6.07, 6.45) is 13.6. The van der Waals surface area contributed by atoms with E-state index in [1.807, 2.05) is 12.1 Å². The summed E-state index contributed by atoms with van der Waals surface area (Å²) in [5.41, 5.74) is 1.58. The van der Waals surface area contributed by atoms with Crippen LogP contribution in [0.15, 0.2) is 120 Å². The van der Waals surface area contributed by atoms with Gasteiger partial charge in [0.1, 0.15) is 0 Å². The summed E-state index contributed by atoms with van der Waals surface area (Å²) in [5, 5.41) is 1.47. The molecule has 6 aromatic rings. The van der Waals surface area contributed by atoms with Crippen LogP contribution in [0.2, 0.25) is 0 Å². The summed E-state index contributed by atoms with van der Waals surface area (Å²) >= 11 is -3.29. The van der Waals surface area contributed by atoms with Gasteiger partial charge in [0.15, 0.2) is 0 Å². The maximum atomic E-state index is 13.8. The molecule has 0 aliphatic heterocycles. The van der Waals surface area contributed by atoms with E-state index in [0.29, 0.717) is 40.0 Å². The van der Waals surface area contributed by atoms with E-state index >= 15 is 0 Å². The van der Waals surface area contributed by atoms with Gasteiger partial charge in [-0.05, 0) is 0 Å². The summed E-state index contributed by atoms with van der Waals surface area (Å²) < 4.78 is 46.4. The number of halogens is 1. The number of fused-ring (bicyclic) bond motifs is 3. The molecule has 0 saturated heterocycles. The molecule has 256 valence electrons. The fraction of sp³-hybridized carbons (Fsp3) is 0.300. The molecule has 6 rings (SSSR count). The Kier molecular flexibility index (Phi) is 11.6. The Morgan fingerprint density at radius 3 is 2.00 bits per heavy atom. The third-order valence-electron chi connectivity index (χ3n) is 8.70. The number of rotatable bonds is 16. The van der Waals surface area contributed by atoms with Gasteiger partial charge >= 0.3 is 257 Å². The van der Waals surface area contributed by atoms with Crippen LogP contribution in [0, 0.1) is 7.14 Å². The van der Waals surface area contributed by atoms with Crippen molar-refractivity contribution in [3.63, 3.8) is 0 Å². The minimum absolute atomic E-state index is 0.0697. The molecule has 9 heteroatoms. The third kappa shape index (κ3) is 8.69. The number of benzene rings is 4. The van der Waals surface area contributed by atoms with Crippen LogP contribution < -0.4 is 11.1 Å². The first-order chi connectivity index (χ1) is 23.8. The minimum atomic E-state index is -4.20. The first-order valence-electron chi connectivity index (χ1n) is 17.1. The van der Waals surface area contributed by atoms with E-state index in [1.165, 1.54) is 57.4 Å². The van der Waals surface area contributed by atoms with Crippen molar-refractivity contribution < 1.29 is 19.8 Å². The van der Waals surface area contributed by atoms with Gasteiger partial charge in [0.2, 0.25) is 0 Å². The molecular formula is C40H41IO7S. The third-order valence-corrected chi connectivity index (χ3v) is 15.9. The van der Waals surface area contributed by atoms with Crippen LogP contribution in [-0.2, 0) is 19.1 Å². The molecule has 0 radical (unpaired) electrons. The summed E-state index contributed by atoms with van der Waals surface area (Å²) in [4.78, 5) is 25.6. The summed E-state index contributed by atoms with van der Waals surface area (Å²) in [5.74, 6) is 0. The normalized spacial score (nSPS) is 12.2. The summed E-state index contributed by atoms with van der Waals surface area (Å²) in [6.45, 7) is 2.24. The van der Waals surface area contributed by atoms with Crippen molar-refractivity contribution in [1.29, 1.82) is 0 Å². The van der Waals surface area contributed by atoms with E-state index < -0.39 is 36.0 Å². The van der Waals surface area contributed by atoms with Gasteiger partial charge in [-0.2, -0.15) is 0 Å². The maximum absolute atomic E-state index is 13.8. The molecule has 0 unspecified atom stereocenters. The van der Waals surface area contributed by atoms with Crippen molar-refractivity contribution >= 4 is 63.3 Å². The Morgan fingerprint density at radius 1 is 0.612 bits per heavy atom. The number of hydrogen-bond donors (Lipinski definition) is 0. The molecule has 0 fully saturated rings. The first-order valence-corrected chi connectivity index (χ1v) is 21.5. The number of hydrogen-bond acceptors (Lipinski definition) is 7. The fourth-order valence-corrected chi connectivity index (χ4v) is 13.0. The molecule has 0 saturated carbocycles. The molecule has 0 spiro atoms. The molecule has 0 N–H and O–H groups in total. The van der Waals surface area contributed by atoms with Crippen LogP contribution in [-0.4, -0.2) is 8.42 Å². The van der Waals surface area contributed by atoms with Crippen LogP contribution in [0.4, 0.5) is 0 Å². The molecule has 2 heterocycles. The topological polar surface area (TPSA) is 104 Å². The predicted molar refractivity (Wildman–Crippen MR) is 204 cm³/mol. The van der Waals surface area contributed by atoms with Crippen LogP contribution >= 0.6 is 20.2 Å². The summed E-state index contributed by atoms with van der Waals surface area (Å²) in [7, 11) is -4.20. The van der Waals surface area contributed by atoms with Gasteiger partial charge in [0, 0.05) is 0 Å². The Bertz CT molecular complexity index is 2270. The van der Waals surface area contributed by atoms with E-state index in [9.17, 15) is 18.0 Å². The molecule has 7 nitrogen and oxygen atoms in total. The van der Waals surface area contributed by atoms with Crippen LogP contribution in [0.5, 0.6) is 0 Å². The number of para-hydroxylation sites is 1. The zero-order valence-corrected chi connectivity index (χ0v) is 30.6. The average Bonchev–Trinajstić information content (AvgIpc) is 3.11. The second kappa shape index (κ2) is 16.3. The SMILES string of the molecule is CCCCCCCCCCCCc1ccc(S(=O)(=O)OI(c2ccc3ccc(=O)oc3c2)c2ccc3oc4ccccc4c(=O)c3c2)cc1. The van der Waals surface area contributed by atoms with Crippen LogP contribution in [0.3, 0.4) is 0 Å². The average molecular weight is 793 g/mol. The van der Waals surface area contributed by atoms with Crippen molar-refractivity contribution in [1.82, 2.24) is 0 Å². The molecule has 0 amide bonds. The van der Waals surface area contributed by atoms with E-state index in [4.69, 9.17) is 11.3 Å². The summed E-state index contributed by atoms with van der Waals surface area (Å²) in [6, 6.07) is 27.3. The number of aryl methyl sites for hydroxylation is 1.